The van der Waals surface area contributed by atoms with Crippen LogP contribution in [0.5, 0.6) is 0 Å². The summed E-state index contributed by atoms with van der Waals surface area (Å²) in [6.07, 6.45) is 3.24. The smallest absolute Gasteiger partial charge is 0.407 e. The molecular formula is C12H23NO3. The van der Waals surface area contributed by atoms with E-state index in [4.69, 9.17) is 4.74 Å². The summed E-state index contributed by atoms with van der Waals surface area (Å²) in [5.41, 5.74) is -0.448. The summed E-state index contributed by atoms with van der Waals surface area (Å²) < 4.78 is 5.14. The van der Waals surface area contributed by atoms with Crippen molar-refractivity contribution in [1.82, 2.24) is 5.32 Å². The van der Waals surface area contributed by atoms with E-state index in [1.165, 1.54) is 0 Å². The van der Waals surface area contributed by atoms with Crippen LogP contribution in [0.25, 0.3) is 0 Å². The monoisotopic (exact) mass is 229 g/mol. The number of amides is 1. The lowest BCUT2D eigenvalue weighted by molar-refractivity contribution is 0.0492. The number of rotatable bonds is 2. The lowest BCUT2D eigenvalue weighted by Gasteiger charge is -2.26. The molecule has 1 aliphatic carbocycles. The SMILES string of the molecule is CC(C)(C)OC(=O)NCC1CCCC(O)C1. The van der Waals surface area contributed by atoms with Gasteiger partial charge in [-0.2, -0.15) is 0 Å². The molecule has 0 bridgehead atoms. The van der Waals surface area contributed by atoms with E-state index in [2.05, 4.69) is 5.32 Å². The van der Waals surface area contributed by atoms with E-state index in [1.807, 2.05) is 20.8 Å². The highest BCUT2D eigenvalue weighted by molar-refractivity contribution is 5.67. The largest absolute Gasteiger partial charge is 0.444 e. The first-order valence-electron chi connectivity index (χ1n) is 6.02. The second kappa shape index (κ2) is 5.53. The van der Waals surface area contributed by atoms with Crippen molar-refractivity contribution < 1.29 is 14.6 Å². The van der Waals surface area contributed by atoms with Crippen LogP contribution in [-0.2, 0) is 4.74 Å². The highest BCUT2D eigenvalue weighted by Gasteiger charge is 2.22. The Morgan fingerprint density at radius 1 is 1.44 bits per heavy atom. The Morgan fingerprint density at radius 2 is 2.12 bits per heavy atom. The van der Waals surface area contributed by atoms with Crippen molar-refractivity contribution in [2.45, 2.75) is 58.2 Å². The van der Waals surface area contributed by atoms with Crippen LogP contribution in [-0.4, -0.2) is 29.4 Å². The fourth-order valence-corrected chi connectivity index (χ4v) is 1.99. The van der Waals surface area contributed by atoms with E-state index in [0.29, 0.717) is 12.5 Å². The van der Waals surface area contributed by atoms with Crippen LogP contribution in [0.15, 0.2) is 0 Å². The Morgan fingerprint density at radius 3 is 2.69 bits per heavy atom. The average Bonchev–Trinajstić information content (AvgIpc) is 2.12. The van der Waals surface area contributed by atoms with Gasteiger partial charge in [0.15, 0.2) is 0 Å². The Labute approximate surface area is 97.4 Å². The van der Waals surface area contributed by atoms with Crippen LogP contribution in [0.2, 0.25) is 0 Å². The number of aliphatic hydroxyl groups excluding tert-OH is 1. The zero-order valence-electron chi connectivity index (χ0n) is 10.5. The number of carbonyl (C=O) groups is 1. The number of carbonyl (C=O) groups excluding carboxylic acids is 1. The molecule has 16 heavy (non-hydrogen) atoms. The van der Waals surface area contributed by atoms with Gasteiger partial charge < -0.3 is 15.2 Å². The first-order chi connectivity index (χ1) is 7.37. The molecule has 2 atom stereocenters. The topological polar surface area (TPSA) is 58.6 Å². The lowest BCUT2D eigenvalue weighted by atomic mass is 9.87. The Bertz CT molecular complexity index is 235. The van der Waals surface area contributed by atoms with E-state index < -0.39 is 5.60 Å². The molecule has 94 valence electrons. The highest BCUT2D eigenvalue weighted by atomic mass is 16.6. The molecule has 0 aromatic rings. The highest BCUT2D eigenvalue weighted by Crippen LogP contribution is 2.23. The van der Waals surface area contributed by atoms with Crippen molar-refractivity contribution in [1.29, 1.82) is 0 Å². The number of ether oxygens (including phenoxy) is 1. The van der Waals surface area contributed by atoms with Crippen LogP contribution in [0, 0.1) is 5.92 Å². The predicted molar refractivity (Wildman–Crippen MR) is 62.2 cm³/mol. The predicted octanol–water partition coefficient (Wildman–Crippen LogP) is 2.06. The first kappa shape index (κ1) is 13.3. The normalized spacial score (nSPS) is 26.2. The summed E-state index contributed by atoms with van der Waals surface area (Å²) in [5, 5.41) is 12.2. The van der Waals surface area contributed by atoms with E-state index in [0.717, 1.165) is 25.7 Å². The zero-order chi connectivity index (χ0) is 12.2. The van der Waals surface area contributed by atoms with Crippen LogP contribution in [0.3, 0.4) is 0 Å². The molecule has 0 aromatic heterocycles. The van der Waals surface area contributed by atoms with Gasteiger partial charge in [0.1, 0.15) is 5.60 Å². The Hall–Kier alpha value is -0.770. The van der Waals surface area contributed by atoms with Crippen molar-refractivity contribution in [2.75, 3.05) is 6.54 Å². The van der Waals surface area contributed by atoms with Gasteiger partial charge >= 0.3 is 6.09 Å². The maximum Gasteiger partial charge on any atom is 0.407 e. The van der Waals surface area contributed by atoms with Crippen molar-refractivity contribution in [3.8, 4) is 0 Å². The fraction of sp³-hybridized carbons (Fsp3) is 0.917. The summed E-state index contributed by atoms with van der Waals surface area (Å²) in [6, 6.07) is 0. The molecule has 2 N–H and O–H groups in total. The standard InChI is InChI=1S/C12H23NO3/c1-12(2,3)16-11(15)13-8-9-5-4-6-10(14)7-9/h9-10,14H,4-8H2,1-3H3,(H,13,15). The third kappa shape index (κ3) is 5.35. The Kier molecular flexibility index (Phi) is 4.59. The number of hydrogen-bond donors (Lipinski definition) is 2. The molecule has 0 spiro atoms. The third-order valence-corrected chi connectivity index (χ3v) is 2.69. The molecule has 0 aliphatic heterocycles. The van der Waals surface area contributed by atoms with Crippen LogP contribution < -0.4 is 5.32 Å². The summed E-state index contributed by atoms with van der Waals surface area (Å²) in [6.45, 7) is 6.14. The van der Waals surface area contributed by atoms with Crippen molar-refractivity contribution >= 4 is 6.09 Å². The van der Waals surface area contributed by atoms with Gasteiger partial charge in [-0.25, -0.2) is 4.79 Å². The number of nitrogens with one attached hydrogen (secondary N) is 1. The van der Waals surface area contributed by atoms with Gasteiger partial charge in [-0.15, -0.1) is 0 Å². The molecule has 0 heterocycles. The number of aliphatic hydroxyl groups is 1. The van der Waals surface area contributed by atoms with Gasteiger partial charge in [0, 0.05) is 6.54 Å². The van der Waals surface area contributed by atoms with E-state index in [-0.39, 0.29) is 12.2 Å². The molecule has 2 unspecified atom stereocenters. The minimum absolute atomic E-state index is 0.195. The van der Waals surface area contributed by atoms with Gasteiger partial charge in [-0.3, -0.25) is 0 Å². The van der Waals surface area contributed by atoms with Gasteiger partial charge in [0.05, 0.1) is 6.10 Å². The number of alkyl carbamates (subject to hydrolysis) is 1. The van der Waals surface area contributed by atoms with Crippen LogP contribution in [0.1, 0.15) is 46.5 Å². The molecule has 0 saturated heterocycles. The van der Waals surface area contributed by atoms with Gasteiger partial charge in [0.2, 0.25) is 0 Å². The van der Waals surface area contributed by atoms with Crippen molar-refractivity contribution in [3.63, 3.8) is 0 Å². The fourth-order valence-electron chi connectivity index (χ4n) is 1.99. The lowest BCUT2D eigenvalue weighted by Crippen LogP contribution is -2.36. The van der Waals surface area contributed by atoms with E-state index in [9.17, 15) is 9.90 Å². The van der Waals surface area contributed by atoms with E-state index in [1.54, 1.807) is 0 Å². The molecule has 1 amide bonds. The minimum atomic E-state index is -0.448. The second-order valence-electron chi connectivity index (χ2n) is 5.57. The second-order valence-corrected chi connectivity index (χ2v) is 5.57. The average molecular weight is 229 g/mol. The molecule has 1 aliphatic rings. The van der Waals surface area contributed by atoms with Gasteiger partial charge in [-0.05, 0) is 46.0 Å². The van der Waals surface area contributed by atoms with Crippen molar-refractivity contribution in [3.05, 3.63) is 0 Å². The van der Waals surface area contributed by atoms with Crippen LogP contribution in [0.4, 0.5) is 4.79 Å². The molecule has 0 aromatic carbocycles. The molecule has 4 heteroatoms. The molecule has 1 saturated carbocycles. The molecule has 1 fully saturated rings. The van der Waals surface area contributed by atoms with Crippen molar-refractivity contribution in [2.24, 2.45) is 5.92 Å². The maximum atomic E-state index is 11.4. The summed E-state index contributed by atoms with van der Waals surface area (Å²) in [5.74, 6) is 0.385. The minimum Gasteiger partial charge on any atom is -0.444 e. The first-order valence-corrected chi connectivity index (χ1v) is 6.02. The van der Waals surface area contributed by atoms with Gasteiger partial charge in [0.25, 0.3) is 0 Å². The number of hydrogen-bond acceptors (Lipinski definition) is 3. The summed E-state index contributed by atoms with van der Waals surface area (Å²) >= 11 is 0. The summed E-state index contributed by atoms with van der Waals surface area (Å²) in [7, 11) is 0. The van der Waals surface area contributed by atoms with E-state index >= 15 is 0 Å². The third-order valence-electron chi connectivity index (χ3n) is 2.69. The zero-order valence-corrected chi connectivity index (χ0v) is 10.5. The molecule has 0 radical (unpaired) electrons. The molecule has 4 nitrogen and oxygen atoms in total. The summed E-state index contributed by atoms with van der Waals surface area (Å²) in [4.78, 5) is 11.4. The molecule has 1 rings (SSSR count). The maximum absolute atomic E-state index is 11.4. The van der Waals surface area contributed by atoms with Gasteiger partial charge in [-0.1, -0.05) is 6.42 Å². The quantitative estimate of drug-likeness (QED) is 0.762. The van der Waals surface area contributed by atoms with Crippen LogP contribution >= 0.6 is 0 Å². The molecular weight excluding hydrogens is 206 g/mol. The Balaban J connectivity index is 2.21.